The molecule has 0 bridgehead atoms. The van der Waals surface area contributed by atoms with Crippen molar-refractivity contribution in [2.75, 3.05) is 41.8 Å². The van der Waals surface area contributed by atoms with Crippen molar-refractivity contribution in [2.24, 2.45) is 11.3 Å². The third-order valence-electron chi connectivity index (χ3n) is 7.57. The van der Waals surface area contributed by atoms with E-state index in [2.05, 4.69) is 65.6 Å². The van der Waals surface area contributed by atoms with Crippen molar-refractivity contribution < 1.29 is 9.66 Å². The topological polar surface area (TPSA) is 92.6 Å². The molecule has 5 rings (SSSR count). The molecular weight excluding hydrogens is 466 g/mol. The molecule has 2 unspecified atom stereocenters. The lowest BCUT2D eigenvalue weighted by molar-refractivity contribution is -0.384. The van der Waals surface area contributed by atoms with E-state index in [9.17, 15) is 10.1 Å². The Kier molecular flexibility index (Phi) is 7.02. The van der Waals surface area contributed by atoms with Crippen LogP contribution in [0.2, 0.25) is 0 Å². The van der Waals surface area contributed by atoms with Gasteiger partial charge in [-0.1, -0.05) is 32.9 Å². The molecule has 8 nitrogen and oxygen atoms in total. The quantitative estimate of drug-likeness (QED) is 0.270. The predicted octanol–water partition coefficient (Wildman–Crippen LogP) is 6.85. The Hall–Kier alpha value is -3.65. The number of nitrogens with zero attached hydrogens (tertiary/aromatic N) is 3. The first-order valence-corrected chi connectivity index (χ1v) is 13.0. The fourth-order valence-electron chi connectivity index (χ4n) is 5.37. The maximum atomic E-state index is 11.7. The molecule has 1 aliphatic carbocycles. The van der Waals surface area contributed by atoms with Gasteiger partial charge in [-0.3, -0.25) is 10.1 Å². The Labute approximate surface area is 218 Å². The Balaban J connectivity index is 1.29. The highest BCUT2D eigenvalue weighted by Crippen LogP contribution is 2.51. The van der Waals surface area contributed by atoms with E-state index in [4.69, 9.17) is 4.74 Å². The molecule has 2 aliphatic rings. The molecule has 0 radical (unpaired) electrons. The smallest absolute Gasteiger partial charge is 0.311 e. The predicted molar refractivity (Wildman–Crippen MR) is 148 cm³/mol. The van der Waals surface area contributed by atoms with Crippen molar-refractivity contribution in [3.05, 3.63) is 76.3 Å². The molecule has 2 atom stereocenters. The van der Waals surface area contributed by atoms with E-state index in [1.54, 1.807) is 6.07 Å². The van der Waals surface area contributed by atoms with Crippen LogP contribution in [0, 0.1) is 21.4 Å². The number of rotatable bonds is 7. The fraction of sp³-hybridized carbons (Fsp3) is 0.414. The standard InChI is InChI=1S/C29H35N5O3/c1-29(2,3)25-13-12-24(25)20-4-6-22(7-5-20)31-28-26(34(35)36)14-15-27(32-28)30-21-8-10-23(11-9-21)33-16-18-37-19-17-33/h4-11,14-15,24-25H,12-13,16-19H2,1-3H3,(H2,30,31,32). The molecule has 2 aromatic carbocycles. The summed E-state index contributed by atoms with van der Waals surface area (Å²) in [4.78, 5) is 18.1. The van der Waals surface area contributed by atoms with Crippen molar-refractivity contribution in [2.45, 2.75) is 39.5 Å². The molecular formula is C29H35N5O3. The third-order valence-corrected chi connectivity index (χ3v) is 7.57. The second kappa shape index (κ2) is 10.4. The van der Waals surface area contributed by atoms with Gasteiger partial charge < -0.3 is 20.3 Å². The summed E-state index contributed by atoms with van der Waals surface area (Å²) in [6.07, 6.45) is 2.48. The van der Waals surface area contributed by atoms with Crippen molar-refractivity contribution in [1.82, 2.24) is 4.98 Å². The van der Waals surface area contributed by atoms with E-state index in [1.165, 1.54) is 24.5 Å². The van der Waals surface area contributed by atoms with Crippen molar-refractivity contribution >= 4 is 34.4 Å². The second-order valence-corrected chi connectivity index (χ2v) is 11.0. The molecule has 2 fully saturated rings. The number of anilines is 5. The highest BCUT2D eigenvalue weighted by atomic mass is 16.6. The molecule has 0 amide bonds. The minimum absolute atomic E-state index is 0.0657. The van der Waals surface area contributed by atoms with Crippen LogP contribution < -0.4 is 15.5 Å². The van der Waals surface area contributed by atoms with Gasteiger partial charge in [0.1, 0.15) is 5.82 Å². The van der Waals surface area contributed by atoms with Gasteiger partial charge in [-0.15, -0.1) is 0 Å². The monoisotopic (exact) mass is 501 g/mol. The number of ether oxygens (including phenoxy) is 1. The summed E-state index contributed by atoms with van der Waals surface area (Å²) >= 11 is 0. The molecule has 194 valence electrons. The first-order valence-electron chi connectivity index (χ1n) is 13.0. The number of pyridine rings is 1. The average Bonchev–Trinajstić information content (AvgIpc) is 2.84. The minimum atomic E-state index is -0.410. The van der Waals surface area contributed by atoms with Gasteiger partial charge in [0.05, 0.1) is 18.1 Å². The van der Waals surface area contributed by atoms with Crippen LogP contribution in [-0.2, 0) is 4.74 Å². The minimum Gasteiger partial charge on any atom is -0.378 e. The van der Waals surface area contributed by atoms with Gasteiger partial charge in [-0.25, -0.2) is 4.98 Å². The Morgan fingerprint density at radius 1 is 0.919 bits per heavy atom. The third kappa shape index (κ3) is 5.69. The van der Waals surface area contributed by atoms with Crippen LogP contribution in [0.25, 0.3) is 0 Å². The number of hydrogen-bond donors (Lipinski definition) is 2. The van der Waals surface area contributed by atoms with Crippen LogP contribution in [0.1, 0.15) is 45.1 Å². The van der Waals surface area contributed by atoms with E-state index in [-0.39, 0.29) is 11.5 Å². The SMILES string of the molecule is CC(C)(C)C1CCC1c1ccc(Nc2nc(Nc3ccc(N4CCOCC4)cc3)ccc2[N+](=O)[O-])cc1. The Bertz CT molecular complexity index is 1230. The van der Waals surface area contributed by atoms with Gasteiger partial charge in [0.2, 0.25) is 5.82 Å². The maximum Gasteiger partial charge on any atom is 0.311 e. The maximum absolute atomic E-state index is 11.7. The van der Waals surface area contributed by atoms with Gasteiger partial charge in [0.15, 0.2) is 0 Å². The summed E-state index contributed by atoms with van der Waals surface area (Å²) in [5, 5.41) is 18.1. The fourth-order valence-corrected chi connectivity index (χ4v) is 5.37. The van der Waals surface area contributed by atoms with Gasteiger partial charge in [0.25, 0.3) is 0 Å². The van der Waals surface area contributed by atoms with Gasteiger partial charge in [-0.2, -0.15) is 0 Å². The summed E-state index contributed by atoms with van der Waals surface area (Å²) in [6.45, 7) is 10.2. The Morgan fingerprint density at radius 3 is 2.16 bits per heavy atom. The van der Waals surface area contributed by atoms with Crippen LogP contribution in [-0.4, -0.2) is 36.2 Å². The van der Waals surface area contributed by atoms with E-state index in [0.29, 0.717) is 23.1 Å². The van der Waals surface area contributed by atoms with Crippen LogP contribution >= 0.6 is 0 Å². The van der Waals surface area contributed by atoms with Crippen molar-refractivity contribution in [3.8, 4) is 0 Å². The number of benzene rings is 2. The first kappa shape index (κ1) is 25.0. The summed E-state index contributed by atoms with van der Waals surface area (Å²) < 4.78 is 5.43. The molecule has 1 aliphatic heterocycles. The second-order valence-electron chi connectivity index (χ2n) is 11.0. The highest BCUT2D eigenvalue weighted by Gasteiger charge is 2.39. The lowest BCUT2D eigenvalue weighted by Crippen LogP contribution is -2.36. The summed E-state index contributed by atoms with van der Waals surface area (Å²) in [7, 11) is 0. The van der Waals surface area contributed by atoms with Crippen LogP contribution in [0.4, 0.5) is 34.4 Å². The zero-order valence-electron chi connectivity index (χ0n) is 21.7. The lowest BCUT2D eigenvalue weighted by atomic mass is 9.59. The van der Waals surface area contributed by atoms with E-state index in [0.717, 1.165) is 43.4 Å². The number of nitrogens with one attached hydrogen (secondary N) is 2. The molecule has 37 heavy (non-hydrogen) atoms. The van der Waals surface area contributed by atoms with Gasteiger partial charge in [-0.05, 0) is 78.1 Å². The van der Waals surface area contributed by atoms with Gasteiger partial charge in [0, 0.05) is 36.2 Å². The van der Waals surface area contributed by atoms with Crippen LogP contribution in [0.5, 0.6) is 0 Å². The molecule has 1 aromatic heterocycles. The summed E-state index contributed by atoms with van der Waals surface area (Å²) in [6, 6.07) is 19.5. The van der Waals surface area contributed by atoms with Crippen molar-refractivity contribution in [1.29, 1.82) is 0 Å². The largest absolute Gasteiger partial charge is 0.378 e. The molecule has 1 saturated carbocycles. The Morgan fingerprint density at radius 2 is 1.57 bits per heavy atom. The molecule has 0 spiro atoms. The summed E-state index contributed by atoms with van der Waals surface area (Å²) in [5.74, 6) is 2.00. The number of morpholine rings is 1. The van der Waals surface area contributed by atoms with E-state index < -0.39 is 4.92 Å². The number of aromatic nitrogens is 1. The normalized spacial score (nSPS) is 19.7. The first-order chi connectivity index (χ1) is 17.8. The molecule has 1 saturated heterocycles. The zero-order chi connectivity index (χ0) is 26.0. The van der Waals surface area contributed by atoms with E-state index >= 15 is 0 Å². The van der Waals surface area contributed by atoms with Crippen molar-refractivity contribution in [3.63, 3.8) is 0 Å². The average molecular weight is 502 g/mol. The highest BCUT2D eigenvalue weighted by molar-refractivity contribution is 5.70. The molecule has 3 aromatic rings. The molecule has 2 heterocycles. The summed E-state index contributed by atoms with van der Waals surface area (Å²) in [5.41, 5.74) is 4.34. The molecule has 8 heteroatoms. The lowest BCUT2D eigenvalue weighted by Gasteiger charge is -2.45. The number of hydrogen-bond acceptors (Lipinski definition) is 7. The zero-order valence-corrected chi connectivity index (χ0v) is 21.7. The van der Waals surface area contributed by atoms with E-state index in [1.807, 2.05) is 24.3 Å². The van der Waals surface area contributed by atoms with Crippen LogP contribution in [0.15, 0.2) is 60.7 Å². The molecule has 2 N–H and O–H groups in total. The van der Waals surface area contributed by atoms with Gasteiger partial charge >= 0.3 is 5.69 Å². The number of nitro groups is 1. The van der Waals surface area contributed by atoms with Crippen LogP contribution in [0.3, 0.4) is 0 Å².